The Morgan fingerprint density at radius 3 is 0.667 bits per heavy atom. The van der Waals surface area contributed by atoms with Gasteiger partial charge in [0.1, 0.15) is 0 Å². The molecule has 0 fully saturated rings. The Morgan fingerprint density at radius 2 is 0.667 bits per heavy atom. The van der Waals surface area contributed by atoms with Gasteiger partial charge in [0.2, 0.25) is 0 Å². The predicted octanol–water partition coefficient (Wildman–Crippen LogP) is -2.01. The van der Waals surface area contributed by atoms with E-state index in [0.29, 0.717) is 0 Å². The molecule has 0 spiro atoms. The standard InChI is InChI=1S/Mo.Ni.4H2O/h;;4*1H2/q;+2;;;;/p-2. The molecule has 0 heterocycles. The zero-order chi connectivity index (χ0) is 0. The number of hydrogen-bond donors (Lipinski definition) is 0. The van der Waals surface area contributed by atoms with Gasteiger partial charge in [-0.25, -0.2) is 0 Å². The van der Waals surface area contributed by atoms with E-state index < -0.39 is 0 Å². The van der Waals surface area contributed by atoms with E-state index in [4.69, 9.17) is 0 Å². The van der Waals surface area contributed by atoms with Gasteiger partial charge in [-0.1, -0.05) is 0 Å². The van der Waals surface area contributed by atoms with Crippen LogP contribution in [-0.2, 0) is 37.6 Å². The van der Waals surface area contributed by atoms with Crippen LogP contribution in [0.5, 0.6) is 0 Å². The maximum Gasteiger partial charge on any atom is 2.00 e. The van der Waals surface area contributed by atoms with Crippen LogP contribution >= 0.6 is 0 Å². The van der Waals surface area contributed by atoms with Crippen LogP contribution < -0.4 is 0 Å². The van der Waals surface area contributed by atoms with Crippen molar-refractivity contribution >= 4 is 0 Å². The maximum absolute atomic E-state index is 0. The van der Waals surface area contributed by atoms with Gasteiger partial charge >= 0.3 is 16.5 Å². The van der Waals surface area contributed by atoms with Crippen LogP contribution in [0.4, 0.5) is 0 Å². The van der Waals surface area contributed by atoms with Crippen molar-refractivity contribution in [2.45, 2.75) is 0 Å². The molecule has 6 heavy (non-hydrogen) atoms. The molecule has 0 radical (unpaired) electrons. The third-order valence-corrected chi connectivity index (χ3v) is 0. The summed E-state index contributed by atoms with van der Waals surface area (Å²) in [6.07, 6.45) is 0. The van der Waals surface area contributed by atoms with Crippen molar-refractivity contribution in [3.8, 4) is 0 Å². The van der Waals surface area contributed by atoms with Crippen LogP contribution in [-0.4, -0.2) is 21.9 Å². The zero-order valence-corrected chi connectivity index (χ0v) is 5.61. The SMILES string of the molecule is O.O.[Mo].[Ni+2].[OH-].[OH-]. The molecular formula is H6MoNiO4. The van der Waals surface area contributed by atoms with Crippen molar-refractivity contribution in [3.05, 3.63) is 0 Å². The zero-order valence-electron chi connectivity index (χ0n) is 2.62. The maximum atomic E-state index is 0. The quantitative estimate of drug-likeness (QED) is 0.441. The van der Waals surface area contributed by atoms with Crippen LogP contribution in [0, 0.1) is 0 Å². The van der Waals surface area contributed by atoms with Crippen molar-refractivity contribution < 1.29 is 59.5 Å². The van der Waals surface area contributed by atoms with Crippen molar-refractivity contribution in [3.63, 3.8) is 0 Å². The van der Waals surface area contributed by atoms with E-state index in [1.807, 2.05) is 0 Å². The van der Waals surface area contributed by atoms with Gasteiger partial charge in [-0.3, -0.25) is 0 Å². The van der Waals surface area contributed by atoms with Crippen molar-refractivity contribution in [2.24, 2.45) is 0 Å². The molecule has 0 saturated carbocycles. The fourth-order valence-electron chi connectivity index (χ4n) is 0. The second-order valence-corrected chi connectivity index (χ2v) is 0. The molecule has 0 rings (SSSR count). The molecule has 46 valence electrons. The van der Waals surface area contributed by atoms with Crippen molar-refractivity contribution in [1.82, 2.24) is 0 Å². The molecule has 0 aliphatic heterocycles. The molecule has 0 aliphatic rings. The molecule has 0 bridgehead atoms. The van der Waals surface area contributed by atoms with E-state index in [2.05, 4.69) is 0 Å². The first-order valence-electron chi connectivity index (χ1n) is 0. The first-order chi connectivity index (χ1) is 0. The predicted molar refractivity (Wildman–Crippen MR) is 11.1 cm³/mol. The van der Waals surface area contributed by atoms with E-state index in [0.717, 1.165) is 0 Å². The molecule has 0 aliphatic carbocycles. The molecule has 0 atom stereocenters. The Hall–Kier alpha value is 1.02. The Balaban J connectivity index is 0. The van der Waals surface area contributed by atoms with Gasteiger partial charge in [0, 0.05) is 21.1 Å². The summed E-state index contributed by atoms with van der Waals surface area (Å²) < 4.78 is 0. The Labute approximate surface area is 59.7 Å². The Bertz CT molecular complexity index is 7.51. The van der Waals surface area contributed by atoms with E-state index in [-0.39, 0.29) is 59.5 Å². The van der Waals surface area contributed by atoms with Crippen LogP contribution in [0.1, 0.15) is 0 Å². The fourth-order valence-corrected chi connectivity index (χ4v) is 0. The third kappa shape index (κ3) is 77.8. The Morgan fingerprint density at radius 1 is 0.667 bits per heavy atom. The second-order valence-electron chi connectivity index (χ2n) is 0. The summed E-state index contributed by atoms with van der Waals surface area (Å²) in [4.78, 5) is 0. The minimum atomic E-state index is 0. The summed E-state index contributed by atoms with van der Waals surface area (Å²) in [5.41, 5.74) is 0. The topological polar surface area (TPSA) is 123 Å². The van der Waals surface area contributed by atoms with Crippen LogP contribution in [0.2, 0.25) is 0 Å². The molecule has 0 unspecified atom stereocenters. The van der Waals surface area contributed by atoms with Gasteiger partial charge in [-0.15, -0.1) is 0 Å². The summed E-state index contributed by atoms with van der Waals surface area (Å²) in [6.45, 7) is 0. The van der Waals surface area contributed by atoms with E-state index in [9.17, 15) is 0 Å². The summed E-state index contributed by atoms with van der Waals surface area (Å²) in [7, 11) is 0. The molecule has 6 N–H and O–H groups in total. The average Bonchev–Trinajstić information content (AvgIpc) is 0. The van der Waals surface area contributed by atoms with Gasteiger partial charge < -0.3 is 21.9 Å². The number of hydrogen-bond acceptors (Lipinski definition) is 2. The van der Waals surface area contributed by atoms with Gasteiger partial charge in [0.15, 0.2) is 0 Å². The monoisotopic (exact) mass is 226 g/mol. The summed E-state index contributed by atoms with van der Waals surface area (Å²) in [5, 5.41) is 0. The molecule has 6 heteroatoms. The summed E-state index contributed by atoms with van der Waals surface area (Å²) in [6, 6.07) is 0. The molecule has 4 nitrogen and oxygen atoms in total. The van der Waals surface area contributed by atoms with Crippen LogP contribution in [0.3, 0.4) is 0 Å². The summed E-state index contributed by atoms with van der Waals surface area (Å²) >= 11 is 0. The van der Waals surface area contributed by atoms with E-state index in [1.54, 1.807) is 0 Å². The number of rotatable bonds is 0. The van der Waals surface area contributed by atoms with Crippen molar-refractivity contribution in [1.29, 1.82) is 0 Å². The van der Waals surface area contributed by atoms with Gasteiger partial charge in [0.05, 0.1) is 0 Å². The largest absolute Gasteiger partial charge is 2.00 e. The van der Waals surface area contributed by atoms with Crippen molar-refractivity contribution in [2.75, 3.05) is 0 Å². The first kappa shape index (κ1) is 244. The first-order valence-corrected chi connectivity index (χ1v) is 0. The fraction of sp³-hybridized carbons (Fsp3) is 0. The smallest absolute Gasteiger partial charge is 0.870 e. The van der Waals surface area contributed by atoms with Gasteiger partial charge in [-0.05, 0) is 0 Å². The molecule has 0 aromatic carbocycles. The molecular weight excluding hydrogens is 219 g/mol. The molecule has 0 aromatic heterocycles. The normalized spacial score (nSPS) is 0. The van der Waals surface area contributed by atoms with E-state index in [1.165, 1.54) is 0 Å². The van der Waals surface area contributed by atoms with E-state index >= 15 is 0 Å². The van der Waals surface area contributed by atoms with Gasteiger partial charge in [-0.2, -0.15) is 0 Å². The second kappa shape index (κ2) is 145. The summed E-state index contributed by atoms with van der Waals surface area (Å²) in [5.74, 6) is 0. The minimum absolute atomic E-state index is 0. The molecule has 0 amide bonds. The van der Waals surface area contributed by atoms with Crippen LogP contribution in [0.15, 0.2) is 0 Å². The van der Waals surface area contributed by atoms with Crippen LogP contribution in [0.25, 0.3) is 0 Å². The average molecular weight is 225 g/mol. The minimum Gasteiger partial charge on any atom is -0.870 e. The molecule has 0 aromatic rings. The third-order valence-electron chi connectivity index (χ3n) is 0. The van der Waals surface area contributed by atoms with Gasteiger partial charge in [0.25, 0.3) is 0 Å². The Kier molecular flexibility index (Phi) is 5910. The molecule has 0 saturated heterocycles.